The van der Waals surface area contributed by atoms with Crippen molar-refractivity contribution in [3.63, 3.8) is 0 Å². The van der Waals surface area contributed by atoms with Gasteiger partial charge in [0.05, 0.1) is 24.6 Å². The first kappa shape index (κ1) is 33.1. The monoisotopic (exact) mass is 695 g/mol. The Labute approximate surface area is 242 Å². The van der Waals surface area contributed by atoms with Crippen LogP contribution in [0, 0.1) is 23.1 Å². The molecule has 3 aliphatic heterocycles. The van der Waals surface area contributed by atoms with Crippen LogP contribution in [0.1, 0.15) is 38.2 Å². The molecule has 4 rings (SSSR count). The Bertz CT molecular complexity index is 1180. The summed E-state index contributed by atoms with van der Waals surface area (Å²) in [5.41, 5.74) is -3.11. The number of alkyl halides is 4. The quantitative estimate of drug-likeness (QED) is 0.280. The van der Waals surface area contributed by atoms with Crippen LogP contribution in [-0.2, 0) is 32.5 Å². The molecule has 0 unspecified atom stereocenters. The minimum atomic E-state index is -4.56. The average molecular weight is 695 g/mol. The molecule has 16 heteroatoms. The van der Waals surface area contributed by atoms with Crippen LogP contribution in [0.2, 0.25) is 0 Å². The van der Waals surface area contributed by atoms with Crippen LogP contribution >= 0.6 is 24.0 Å². The van der Waals surface area contributed by atoms with E-state index < -0.39 is 46.5 Å². The van der Waals surface area contributed by atoms with E-state index in [-0.39, 0.29) is 55.9 Å². The van der Waals surface area contributed by atoms with E-state index in [4.69, 9.17) is 5.26 Å². The smallest absolute Gasteiger partial charge is 0.354 e. The highest BCUT2D eigenvalue weighted by molar-refractivity contribution is 14.0. The third kappa shape index (κ3) is 8.21. The van der Waals surface area contributed by atoms with Crippen molar-refractivity contribution in [3.8, 4) is 6.07 Å². The molecule has 3 heterocycles. The fraction of sp³-hybridized carbons (Fsp3) is 0.609. The SMILES string of the molecule is I.N#CC1(F)CN(S(=O)(=O)N2CCC[C@H](C(=O)N3CCCC3)C2)C1.O=CNCc1ccc(C(F)(F)F)cc1F.[HH]. The molecule has 0 aromatic heterocycles. The molecular weight excluding hydrogens is 664 g/mol. The van der Waals surface area contributed by atoms with Gasteiger partial charge in [0.25, 0.3) is 10.2 Å². The molecule has 3 saturated heterocycles. The van der Waals surface area contributed by atoms with Gasteiger partial charge in [-0.15, -0.1) is 24.0 Å². The Balaban J connectivity index is 0.000000414. The summed E-state index contributed by atoms with van der Waals surface area (Å²) < 4.78 is 90.3. The van der Waals surface area contributed by atoms with Gasteiger partial charge in [-0.05, 0) is 37.8 Å². The zero-order valence-electron chi connectivity index (χ0n) is 20.8. The second-order valence-corrected chi connectivity index (χ2v) is 11.3. The summed E-state index contributed by atoms with van der Waals surface area (Å²) in [5.74, 6) is -1.27. The topological polar surface area (TPSA) is 114 Å². The van der Waals surface area contributed by atoms with Gasteiger partial charge in [-0.25, -0.2) is 8.78 Å². The van der Waals surface area contributed by atoms with Crippen LogP contribution in [0.15, 0.2) is 18.2 Å². The molecule has 3 aliphatic rings. The lowest BCUT2D eigenvalue weighted by Crippen LogP contribution is -2.64. The number of amides is 2. The first-order valence-electron chi connectivity index (χ1n) is 12.0. The van der Waals surface area contributed by atoms with Gasteiger partial charge in [0.15, 0.2) is 0 Å². The molecule has 0 spiro atoms. The lowest BCUT2D eigenvalue weighted by atomic mass is 9.98. The second kappa shape index (κ2) is 13.5. The fourth-order valence-electron chi connectivity index (χ4n) is 4.48. The fourth-order valence-corrected chi connectivity index (χ4v) is 6.27. The van der Waals surface area contributed by atoms with Crippen LogP contribution in [0.4, 0.5) is 22.0 Å². The van der Waals surface area contributed by atoms with Gasteiger partial charge >= 0.3 is 6.18 Å². The number of carbonyl (C=O) groups is 2. The molecule has 39 heavy (non-hydrogen) atoms. The first-order chi connectivity index (χ1) is 17.8. The molecule has 2 amide bonds. The first-order valence-corrected chi connectivity index (χ1v) is 13.4. The molecule has 220 valence electrons. The van der Waals surface area contributed by atoms with Crippen molar-refractivity contribution < 1.29 is 41.4 Å². The maximum atomic E-state index is 13.6. The number of piperidine rings is 1. The minimum Gasteiger partial charge on any atom is -0.354 e. The maximum Gasteiger partial charge on any atom is 0.416 e. The van der Waals surface area contributed by atoms with Crippen molar-refractivity contribution in [2.45, 2.75) is 44.1 Å². The summed E-state index contributed by atoms with van der Waals surface area (Å²) in [6.07, 6.45) is -0.903. The summed E-state index contributed by atoms with van der Waals surface area (Å²) >= 11 is 0. The van der Waals surface area contributed by atoms with E-state index in [1.54, 1.807) is 0 Å². The van der Waals surface area contributed by atoms with Crippen molar-refractivity contribution in [1.29, 1.82) is 5.26 Å². The van der Waals surface area contributed by atoms with Gasteiger partial charge < -0.3 is 10.2 Å². The highest BCUT2D eigenvalue weighted by Gasteiger charge is 2.51. The van der Waals surface area contributed by atoms with Crippen LogP contribution < -0.4 is 5.32 Å². The third-order valence-corrected chi connectivity index (χ3v) is 8.51. The molecule has 0 radical (unpaired) electrons. The van der Waals surface area contributed by atoms with Gasteiger partial charge in [0, 0.05) is 39.7 Å². The predicted octanol–water partition coefficient (Wildman–Crippen LogP) is 3.07. The summed E-state index contributed by atoms with van der Waals surface area (Å²) in [6, 6.07) is 3.66. The Morgan fingerprint density at radius 2 is 1.82 bits per heavy atom. The number of hydrogen-bond donors (Lipinski definition) is 1. The Kier molecular flexibility index (Phi) is 11.5. The summed E-state index contributed by atoms with van der Waals surface area (Å²) in [6.45, 7) is 1.02. The van der Waals surface area contributed by atoms with Gasteiger partial charge in [-0.1, -0.05) is 6.07 Å². The number of nitrogens with one attached hydrogen (secondary N) is 1. The average Bonchev–Trinajstić information content (AvgIpc) is 3.40. The Morgan fingerprint density at radius 3 is 2.36 bits per heavy atom. The van der Waals surface area contributed by atoms with E-state index in [1.807, 2.05) is 4.90 Å². The largest absolute Gasteiger partial charge is 0.416 e. The van der Waals surface area contributed by atoms with E-state index in [0.29, 0.717) is 31.9 Å². The molecule has 0 saturated carbocycles. The zero-order chi connectivity index (χ0) is 28.1. The van der Waals surface area contributed by atoms with Gasteiger partial charge in [-0.3, -0.25) is 9.59 Å². The molecule has 1 aromatic rings. The van der Waals surface area contributed by atoms with Gasteiger partial charge in [0.1, 0.15) is 11.9 Å². The number of rotatable bonds is 6. The minimum absolute atomic E-state index is 0. The maximum absolute atomic E-state index is 13.6. The lowest BCUT2D eigenvalue weighted by molar-refractivity contribution is -0.138. The predicted molar refractivity (Wildman–Crippen MR) is 142 cm³/mol. The third-order valence-electron chi connectivity index (χ3n) is 6.61. The number of nitrogens with zero attached hydrogens (tertiary/aromatic N) is 4. The van der Waals surface area contributed by atoms with Gasteiger partial charge in [0.2, 0.25) is 18.0 Å². The van der Waals surface area contributed by atoms with Crippen LogP contribution in [0.5, 0.6) is 0 Å². The number of hydrogen-bond acceptors (Lipinski definition) is 5. The molecule has 1 atom stereocenters. The summed E-state index contributed by atoms with van der Waals surface area (Å²) in [7, 11) is -3.79. The van der Waals surface area contributed by atoms with Crippen LogP contribution in [-0.4, -0.2) is 79.2 Å². The molecule has 3 fully saturated rings. The van der Waals surface area contributed by atoms with Crippen molar-refractivity contribution in [2.24, 2.45) is 5.92 Å². The Morgan fingerprint density at radius 1 is 1.18 bits per heavy atom. The number of nitriles is 1. The van der Waals surface area contributed by atoms with E-state index in [9.17, 15) is 40.0 Å². The molecule has 0 aliphatic carbocycles. The number of likely N-dealkylation sites (tertiary alicyclic amines) is 1. The van der Waals surface area contributed by atoms with Crippen molar-refractivity contribution in [1.82, 2.24) is 18.8 Å². The second-order valence-electron chi connectivity index (χ2n) is 9.39. The molecule has 9 nitrogen and oxygen atoms in total. The summed E-state index contributed by atoms with van der Waals surface area (Å²) in [4.78, 5) is 24.2. The van der Waals surface area contributed by atoms with E-state index in [0.717, 1.165) is 42.4 Å². The standard InChI is InChI=1S/C14H21FN4O3S.C9H7F4NO.HI.H2/c15-14(9-16)10-19(11-14)23(21,22)18-7-3-4-12(8-18)13(20)17-5-1-2-6-17;10-8-3-7(9(11,12)13)2-1-6(8)4-14-5-15;;/h12H,1-8,10-11H2;1-3,5H,4H2,(H,14,15);2*1H/t12-;;;/m0.../s1. The van der Waals surface area contributed by atoms with Crippen molar-refractivity contribution in [2.75, 3.05) is 39.3 Å². The highest BCUT2D eigenvalue weighted by Crippen LogP contribution is 2.32. The molecule has 1 aromatic carbocycles. The number of carbonyl (C=O) groups excluding carboxylic acids is 2. The Hall–Kier alpha value is -2.10. The van der Waals surface area contributed by atoms with Crippen molar-refractivity contribution in [3.05, 3.63) is 35.1 Å². The highest BCUT2D eigenvalue weighted by atomic mass is 127. The zero-order valence-corrected chi connectivity index (χ0v) is 23.9. The van der Waals surface area contributed by atoms with Crippen LogP contribution in [0.25, 0.3) is 0 Å². The summed E-state index contributed by atoms with van der Waals surface area (Å²) in [5, 5.41) is 10.8. The normalized spacial score (nSPS) is 21.4. The number of halogens is 6. The van der Waals surface area contributed by atoms with Crippen LogP contribution in [0.3, 0.4) is 0 Å². The lowest BCUT2D eigenvalue weighted by Gasteiger charge is -2.43. The number of benzene rings is 1. The van der Waals surface area contributed by atoms with Gasteiger partial charge in [-0.2, -0.15) is 35.5 Å². The van der Waals surface area contributed by atoms with E-state index in [1.165, 1.54) is 10.4 Å². The van der Waals surface area contributed by atoms with Crippen molar-refractivity contribution >= 4 is 46.5 Å². The van der Waals surface area contributed by atoms with E-state index >= 15 is 0 Å². The molecule has 0 bridgehead atoms. The van der Waals surface area contributed by atoms with E-state index in [2.05, 4.69) is 5.32 Å². The molecule has 1 N–H and O–H groups in total. The molecular formula is C23H31F5IN5O4S.